The molecule has 4 rings (SSSR count). The van der Waals surface area contributed by atoms with E-state index in [-0.39, 0.29) is 0 Å². The Morgan fingerprint density at radius 3 is 3.24 bits per heavy atom. The Hall–Kier alpha value is -1.33. The van der Waals surface area contributed by atoms with Gasteiger partial charge in [-0.2, -0.15) is 0 Å². The van der Waals surface area contributed by atoms with Gasteiger partial charge in [0.15, 0.2) is 5.13 Å². The van der Waals surface area contributed by atoms with Gasteiger partial charge in [0, 0.05) is 18.6 Å². The Balaban J connectivity index is 1.53. The van der Waals surface area contributed by atoms with Crippen LogP contribution in [0.15, 0.2) is 18.2 Å². The van der Waals surface area contributed by atoms with Gasteiger partial charge in [-0.3, -0.25) is 4.90 Å². The Morgan fingerprint density at radius 1 is 1.38 bits per heavy atom. The molecule has 1 N–H and O–H groups in total. The molecule has 112 valence electrons. The van der Waals surface area contributed by atoms with Crippen molar-refractivity contribution in [2.75, 3.05) is 25.0 Å². The zero-order valence-electron chi connectivity index (χ0n) is 12.3. The highest BCUT2D eigenvalue weighted by Gasteiger charge is 2.37. The number of anilines is 1. The van der Waals surface area contributed by atoms with Crippen molar-refractivity contribution >= 4 is 26.7 Å². The van der Waals surface area contributed by atoms with E-state index in [0.717, 1.165) is 22.4 Å². The molecule has 5 heteroatoms. The molecule has 1 aromatic heterocycles. The number of benzene rings is 1. The lowest BCUT2D eigenvalue weighted by molar-refractivity contribution is 0.318. The van der Waals surface area contributed by atoms with Crippen molar-refractivity contribution < 1.29 is 4.74 Å². The molecule has 2 aliphatic rings. The van der Waals surface area contributed by atoms with Gasteiger partial charge in [0.25, 0.3) is 0 Å². The van der Waals surface area contributed by atoms with Crippen molar-refractivity contribution in [3.63, 3.8) is 0 Å². The summed E-state index contributed by atoms with van der Waals surface area (Å²) in [4.78, 5) is 7.35. The first-order chi connectivity index (χ1) is 10.3. The Kier molecular flexibility index (Phi) is 3.47. The molecule has 0 aliphatic carbocycles. The second-order valence-electron chi connectivity index (χ2n) is 5.87. The van der Waals surface area contributed by atoms with Crippen LogP contribution in [0.4, 0.5) is 5.13 Å². The fourth-order valence-electron chi connectivity index (χ4n) is 3.63. The molecule has 0 bridgehead atoms. The van der Waals surface area contributed by atoms with Crippen LogP contribution >= 0.6 is 11.3 Å². The van der Waals surface area contributed by atoms with Crippen molar-refractivity contribution in [1.29, 1.82) is 0 Å². The summed E-state index contributed by atoms with van der Waals surface area (Å²) in [5.74, 6) is 0.933. The summed E-state index contributed by atoms with van der Waals surface area (Å²) in [7, 11) is 0. The van der Waals surface area contributed by atoms with E-state index in [1.807, 2.05) is 13.0 Å². The van der Waals surface area contributed by atoms with Gasteiger partial charge in [-0.15, -0.1) is 0 Å². The van der Waals surface area contributed by atoms with Crippen LogP contribution in [0.1, 0.15) is 26.2 Å². The lowest BCUT2D eigenvalue weighted by atomic mass is 10.1. The summed E-state index contributed by atoms with van der Waals surface area (Å²) < 4.78 is 6.76. The number of ether oxygens (including phenoxy) is 1. The predicted octanol–water partition coefficient (Wildman–Crippen LogP) is 3.34. The van der Waals surface area contributed by atoms with Crippen LogP contribution in [-0.2, 0) is 0 Å². The van der Waals surface area contributed by atoms with Crippen molar-refractivity contribution in [1.82, 2.24) is 9.88 Å². The fourth-order valence-corrected chi connectivity index (χ4v) is 4.59. The van der Waals surface area contributed by atoms with Gasteiger partial charge in [0.2, 0.25) is 0 Å². The van der Waals surface area contributed by atoms with Crippen LogP contribution in [0.3, 0.4) is 0 Å². The van der Waals surface area contributed by atoms with E-state index in [4.69, 9.17) is 9.72 Å². The molecule has 2 atom stereocenters. The summed E-state index contributed by atoms with van der Waals surface area (Å²) >= 11 is 1.74. The van der Waals surface area contributed by atoms with Gasteiger partial charge in [-0.1, -0.05) is 11.3 Å². The van der Waals surface area contributed by atoms with Crippen LogP contribution in [0.2, 0.25) is 0 Å². The van der Waals surface area contributed by atoms with Gasteiger partial charge in [0.05, 0.1) is 16.8 Å². The smallest absolute Gasteiger partial charge is 0.184 e. The number of nitrogens with zero attached hydrogens (tertiary/aromatic N) is 2. The summed E-state index contributed by atoms with van der Waals surface area (Å²) in [6.07, 6.45) is 3.92. The molecule has 2 aromatic rings. The van der Waals surface area contributed by atoms with Crippen LogP contribution in [0.25, 0.3) is 10.2 Å². The summed E-state index contributed by atoms with van der Waals surface area (Å²) in [5, 5.41) is 4.73. The summed E-state index contributed by atoms with van der Waals surface area (Å²) in [5.41, 5.74) is 1.06. The lowest BCUT2D eigenvalue weighted by Gasteiger charge is -2.20. The minimum atomic E-state index is 0.569. The zero-order valence-corrected chi connectivity index (χ0v) is 13.2. The molecule has 3 heterocycles. The van der Waals surface area contributed by atoms with E-state index in [1.165, 1.54) is 37.1 Å². The maximum absolute atomic E-state index is 5.57. The first kappa shape index (κ1) is 13.3. The Bertz CT molecular complexity index is 641. The lowest BCUT2D eigenvalue weighted by Crippen LogP contribution is -2.33. The number of rotatable bonds is 4. The van der Waals surface area contributed by atoms with E-state index >= 15 is 0 Å². The average molecular weight is 303 g/mol. The van der Waals surface area contributed by atoms with Gasteiger partial charge in [0.1, 0.15) is 5.75 Å². The average Bonchev–Trinajstić information content (AvgIpc) is 3.15. The van der Waals surface area contributed by atoms with E-state index < -0.39 is 0 Å². The molecule has 4 nitrogen and oxygen atoms in total. The van der Waals surface area contributed by atoms with Crippen molar-refractivity contribution in [2.45, 2.75) is 38.3 Å². The SMILES string of the molecule is CCOc1ccc2nc(NC3CCN4CCCC34)sc2c1. The molecule has 0 radical (unpaired) electrons. The highest BCUT2D eigenvalue weighted by Crippen LogP contribution is 2.33. The minimum Gasteiger partial charge on any atom is -0.494 e. The molecular weight excluding hydrogens is 282 g/mol. The van der Waals surface area contributed by atoms with E-state index in [1.54, 1.807) is 11.3 Å². The fraction of sp³-hybridized carbons (Fsp3) is 0.562. The number of nitrogens with one attached hydrogen (secondary N) is 1. The maximum atomic E-state index is 5.57. The quantitative estimate of drug-likeness (QED) is 0.940. The monoisotopic (exact) mass is 303 g/mol. The van der Waals surface area contributed by atoms with Gasteiger partial charge >= 0.3 is 0 Å². The topological polar surface area (TPSA) is 37.4 Å². The third kappa shape index (κ3) is 2.49. The highest BCUT2D eigenvalue weighted by molar-refractivity contribution is 7.22. The van der Waals surface area contributed by atoms with E-state index in [0.29, 0.717) is 12.6 Å². The highest BCUT2D eigenvalue weighted by atomic mass is 32.1. The van der Waals surface area contributed by atoms with Crippen LogP contribution in [0.5, 0.6) is 5.75 Å². The summed E-state index contributed by atoms with van der Waals surface area (Å²) in [6, 6.07) is 7.44. The number of fused-ring (bicyclic) bond motifs is 2. The van der Waals surface area contributed by atoms with E-state index in [9.17, 15) is 0 Å². The molecule has 2 saturated heterocycles. The molecule has 2 aliphatic heterocycles. The standard InChI is InChI=1S/C16H21N3OS/c1-2-20-11-5-6-13-15(10-11)21-16(18-13)17-12-7-9-19-8-3-4-14(12)19/h5-6,10,12,14H,2-4,7-9H2,1H3,(H,17,18). The molecule has 2 fully saturated rings. The van der Waals surface area contributed by atoms with Crippen molar-refractivity contribution in [3.05, 3.63) is 18.2 Å². The molecule has 1 aromatic carbocycles. The second kappa shape index (κ2) is 5.46. The Labute approximate surface area is 129 Å². The third-order valence-electron chi connectivity index (χ3n) is 4.59. The van der Waals surface area contributed by atoms with Gasteiger partial charge < -0.3 is 10.1 Å². The normalized spacial score (nSPS) is 25.4. The molecule has 0 saturated carbocycles. The van der Waals surface area contributed by atoms with Gasteiger partial charge in [-0.25, -0.2) is 4.98 Å². The Morgan fingerprint density at radius 2 is 2.33 bits per heavy atom. The van der Waals surface area contributed by atoms with Crippen molar-refractivity contribution in [2.24, 2.45) is 0 Å². The first-order valence-corrected chi connectivity index (χ1v) is 8.69. The first-order valence-electron chi connectivity index (χ1n) is 7.87. The maximum Gasteiger partial charge on any atom is 0.184 e. The number of hydrogen-bond donors (Lipinski definition) is 1. The predicted molar refractivity (Wildman–Crippen MR) is 87.4 cm³/mol. The van der Waals surface area contributed by atoms with Crippen LogP contribution in [0, 0.1) is 0 Å². The number of hydrogen-bond acceptors (Lipinski definition) is 5. The number of aromatic nitrogens is 1. The van der Waals surface area contributed by atoms with Crippen LogP contribution in [-0.4, -0.2) is 41.7 Å². The molecule has 2 unspecified atom stereocenters. The largest absolute Gasteiger partial charge is 0.494 e. The second-order valence-corrected chi connectivity index (χ2v) is 6.90. The number of thiazole rings is 1. The molecule has 21 heavy (non-hydrogen) atoms. The van der Waals surface area contributed by atoms with Crippen LogP contribution < -0.4 is 10.1 Å². The van der Waals surface area contributed by atoms with E-state index in [2.05, 4.69) is 22.3 Å². The summed E-state index contributed by atoms with van der Waals surface area (Å²) in [6.45, 7) is 5.23. The molecule has 0 amide bonds. The van der Waals surface area contributed by atoms with Gasteiger partial charge in [-0.05, 0) is 50.9 Å². The minimum absolute atomic E-state index is 0.569. The molecular formula is C16H21N3OS. The zero-order chi connectivity index (χ0) is 14.2. The molecule has 0 spiro atoms. The van der Waals surface area contributed by atoms with Crippen molar-refractivity contribution in [3.8, 4) is 5.75 Å². The third-order valence-corrected chi connectivity index (χ3v) is 5.54.